The molecule has 144 valence electrons. The second-order valence-electron chi connectivity index (χ2n) is 6.76. The van der Waals surface area contributed by atoms with Crippen molar-refractivity contribution in [1.29, 1.82) is 0 Å². The summed E-state index contributed by atoms with van der Waals surface area (Å²) in [6, 6.07) is 4.06. The predicted molar refractivity (Wildman–Crippen MR) is 101 cm³/mol. The minimum Gasteiger partial charge on any atom is -0.378 e. The first-order valence-electron chi connectivity index (χ1n) is 9.05. The first-order valence-corrected chi connectivity index (χ1v) is 9.46. The number of alkyl halides is 3. The zero-order valence-corrected chi connectivity index (χ0v) is 15.4. The average molecular weight is 387 g/mol. The van der Waals surface area contributed by atoms with Crippen LogP contribution in [0.2, 0.25) is 0 Å². The molecule has 2 aliphatic rings. The van der Waals surface area contributed by atoms with E-state index >= 15 is 0 Å². The molecule has 0 bridgehead atoms. The summed E-state index contributed by atoms with van der Waals surface area (Å²) < 4.78 is 44.8. The molecular weight excluding hydrogens is 363 g/mol. The second kappa shape index (κ2) is 8.43. The molecule has 0 radical (unpaired) electrons. The summed E-state index contributed by atoms with van der Waals surface area (Å²) in [5, 5.41) is 6.64. The number of halogens is 3. The zero-order chi connectivity index (χ0) is 18.6. The number of morpholine rings is 1. The van der Waals surface area contributed by atoms with Gasteiger partial charge in [0.15, 0.2) is 5.11 Å². The number of nitrogens with zero attached hydrogens (tertiary/aromatic N) is 1. The molecule has 1 aromatic rings. The highest BCUT2D eigenvalue weighted by molar-refractivity contribution is 7.80. The van der Waals surface area contributed by atoms with Crippen LogP contribution in [0.4, 0.5) is 24.5 Å². The highest BCUT2D eigenvalue weighted by Gasteiger charge is 2.31. The first kappa shape index (κ1) is 19.2. The predicted octanol–water partition coefficient (Wildman–Crippen LogP) is 4.16. The molecule has 2 N–H and O–H groups in total. The number of thiocarbonyl (C=S) groups is 1. The molecular formula is C18H24F3N3OS. The van der Waals surface area contributed by atoms with E-state index in [-0.39, 0.29) is 0 Å². The van der Waals surface area contributed by atoms with Gasteiger partial charge in [-0.1, -0.05) is 19.3 Å². The van der Waals surface area contributed by atoms with Crippen molar-refractivity contribution in [3.8, 4) is 0 Å². The summed E-state index contributed by atoms with van der Waals surface area (Å²) in [4.78, 5) is 2.02. The Morgan fingerprint density at radius 1 is 1.12 bits per heavy atom. The van der Waals surface area contributed by atoms with Gasteiger partial charge >= 0.3 is 6.18 Å². The van der Waals surface area contributed by atoms with Gasteiger partial charge in [-0.05, 0) is 43.3 Å². The smallest absolute Gasteiger partial charge is 0.378 e. The van der Waals surface area contributed by atoms with Crippen LogP contribution in [0.5, 0.6) is 0 Å². The van der Waals surface area contributed by atoms with Crippen molar-refractivity contribution in [3.63, 3.8) is 0 Å². The quantitative estimate of drug-likeness (QED) is 0.762. The van der Waals surface area contributed by atoms with Gasteiger partial charge in [0.2, 0.25) is 0 Å². The van der Waals surface area contributed by atoms with Crippen LogP contribution in [0.15, 0.2) is 18.2 Å². The maximum atomic E-state index is 13.1. The molecule has 1 saturated carbocycles. The van der Waals surface area contributed by atoms with Crippen LogP contribution in [-0.2, 0) is 10.9 Å². The number of rotatable bonds is 3. The normalized spacial score (nSPS) is 19.3. The van der Waals surface area contributed by atoms with E-state index in [1.54, 1.807) is 0 Å². The van der Waals surface area contributed by atoms with E-state index in [0.29, 0.717) is 48.8 Å². The Labute approximate surface area is 157 Å². The summed E-state index contributed by atoms with van der Waals surface area (Å²) >= 11 is 5.37. The summed E-state index contributed by atoms with van der Waals surface area (Å²) in [7, 11) is 0. The number of hydrogen-bond donors (Lipinski definition) is 2. The summed E-state index contributed by atoms with van der Waals surface area (Å²) in [5.74, 6) is 0. The van der Waals surface area contributed by atoms with Crippen LogP contribution in [-0.4, -0.2) is 37.5 Å². The Morgan fingerprint density at radius 3 is 2.46 bits per heavy atom. The van der Waals surface area contributed by atoms with E-state index in [0.717, 1.165) is 37.8 Å². The molecule has 0 aromatic heterocycles. The van der Waals surface area contributed by atoms with Crippen molar-refractivity contribution in [2.45, 2.75) is 44.3 Å². The average Bonchev–Trinajstić information content (AvgIpc) is 2.62. The Hall–Kier alpha value is -1.54. The SMILES string of the molecule is FC(F)(F)c1ccc(N2CCOCC2)c(NC(=S)NC2CCCCC2)c1. The van der Waals surface area contributed by atoms with E-state index in [9.17, 15) is 13.2 Å². The van der Waals surface area contributed by atoms with Gasteiger partial charge in [0.1, 0.15) is 0 Å². The topological polar surface area (TPSA) is 36.5 Å². The lowest BCUT2D eigenvalue weighted by molar-refractivity contribution is -0.137. The number of benzene rings is 1. The number of anilines is 2. The van der Waals surface area contributed by atoms with E-state index in [4.69, 9.17) is 17.0 Å². The van der Waals surface area contributed by atoms with Crippen LogP contribution >= 0.6 is 12.2 Å². The first-order chi connectivity index (χ1) is 12.4. The fourth-order valence-corrected chi connectivity index (χ4v) is 3.76. The van der Waals surface area contributed by atoms with E-state index < -0.39 is 11.7 Å². The number of nitrogens with one attached hydrogen (secondary N) is 2. The lowest BCUT2D eigenvalue weighted by Crippen LogP contribution is -2.40. The third-order valence-corrected chi connectivity index (χ3v) is 5.08. The molecule has 2 fully saturated rings. The van der Waals surface area contributed by atoms with Crippen molar-refractivity contribution < 1.29 is 17.9 Å². The van der Waals surface area contributed by atoms with Crippen molar-refractivity contribution in [2.24, 2.45) is 0 Å². The molecule has 1 aliphatic heterocycles. The van der Waals surface area contributed by atoms with Crippen LogP contribution in [0.1, 0.15) is 37.7 Å². The lowest BCUT2D eigenvalue weighted by atomic mass is 9.96. The van der Waals surface area contributed by atoms with E-state index in [1.165, 1.54) is 12.5 Å². The molecule has 0 unspecified atom stereocenters. The van der Waals surface area contributed by atoms with Crippen molar-refractivity contribution in [2.75, 3.05) is 36.5 Å². The maximum absolute atomic E-state index is 13.1. The Morgan fingerprint density at radius 2 is 1.81 bits per heavy atom. The van der Waals surface area contributed by atoms with Crippen LogP contribution in [0.25, 0.3) is 0 Å². The minimum atomic E-state index is -4.39. The van der Waals surface area contributed by atoms with Gasteiger partial charge in [-0.15, -0.1) is 0 Å². The Kier molecular flexibility index (Phi) is 6.24. The molecule has 8 heteroatoms. The molecule has 1 saturated heterocycles. The van der Waals surface area contributed by atoms with Crippen LogP contribution < -0.4 is 15.5 Å². The molecule has 1 heterocycles. The van der Waals surface area contributed by atoms with Crippen molar-refractivity contribution >= 4 is 28.7 Å². The minimum absolute atomic E-state index is 0.293. The monoisotopic (exact) mass is 387 g/mol. The van der Waals surface area contributed by atoms with Gasteiger partial charge in [0.25, 0.3) is 0 Å². The largest absolute Gasteiger partial charge is 0.416 e. The molecule has 26 heavy (non-hydrogen) atoms. The fraction of sp³-hybridized carbons (Fsp3) is 0.611. The van der Waals surface area contributed by atoms with Gasteiger partial charge in [0, 0.05) is 19.1 Å². The summed E-state index contributed by atoms with van der Waals surface area (Å²) in [6.07, 6.45) is 1.23. The van der Waals surface area contributed by atoms with Gasteiger partial charge < -0.3 is 20.3 Å². The van der Waals surface area contributed by atoms with E-state index in [1.807, 2.05) is 4.90 Å². The lowest BCUT2D eigenvalue weighted by Gasteiger charge is -2.31. The number of hydrogen-bond acceptors (Lipinski definition) is 3. The van der Waals surface area contributed by atoms with Crippen molar-refractivity contribution in [1.82, 2.24) is 5.32 Å². The third-order valence-electron chi connectivity index (χ3n) is 4.86. The molecule has 0 atom stereocenters. The fourth-order valence-electron chi connectivity index (χ4n) is 3.48. The Bertz CT molecular complexity index is 627. The van der Waals surface area contributed by atoms with Gasteiger partial charge in [-0.3, -0.25) is 0 Å². The van der Waals surface area contributed by atoms with Crippen molar-refractivity contribution in [3.05, 3.63) is 23.8 Å². The molecule has 0 amide bonds. The molecule has 1 aliphatic carbocycles. The highest BCUT2D eigenvalue weighted by Crippen LogP contribution is 2.35. The molecule has 4 nitrogen and oxygen atoms in total. The van der Waals surface area contributed by atoms with Gasteiger partial charge in [-0.25, -0.2) is 0 Å². The van der Waals surface area contributed by atoms with Gasteiger partial charge in [-0.2, -0.15) is 13.2 Å². The van der Waals surface area contributed by atoms with Crippen LogP contribution in [0.3, 0.4) is 0 Å². The van der Waals surface area contributed by atoms with Gasteiger partial charge in [0.05, 0.1) is 30.2 Å². The summed E-state index contributed by atoms with van der Waals surface area (Å²) in [6.45, 7) is 2.40. The third kappa shape index (κ3) is 5.01. The second-order valence-corrected chi connectivity index (χ2v) is 7.17. The molecule has 3 rings (SSSR count). The molecule has 1 aromatic carbocycles. The van der Waals surface area contributed by atoms with Crippen LogP contribution in [0, 0.1) is 0 Å². The zero-order valence-electron chi connectivity index (χ0n) is 14.6. The molecule has 0 spiro atoms. The highest BCUT2D eigenvalue weighted by atomic mass is 32.1. The van der Waals surface area contributed by atoms with E-state index in [2.05, 4.69) is 10.6 Å². The number of ether oxygens (including phenoxy) is 1. The standard InChI is InChI=1S/C18H24F3N3OS/c19-18(20,21)13-6-7-16(24-8-10-25-11-9-24)15(12-13)23-17(26)22-14-4-2-1-3-5-14/h6-7,12,14H,1-5,8-11H2,(H2,22,23,26). The summed E-state index contributed by atoms with van der Waals surface area (Å²) in [5.41, 5.74) is 0.418. The Balaban J connectivity index is 1.78. The maximum Gasteiger partial charge on any atom is 0.416 e.